The number of nitrogens with zero attached hydrogens (tertiary/aromatic N) is 1. The summed E-state index contributed by atoms with van der Waals surface area (Å²) in [7, 11) is -3.40. The van der Waals surface area contributed by atoms with Gasteiger partial charge in [0, 0.05) is 7.05 Å². The molecule has 0 radical (unpaired) electrons. The van der Waals surface area contributed by atoms with Crippen LogP contribution in [-0.4, -0.2) is 72.1 Å². The number of phosphoric acid groups is 1. The van der Waals surface area contributed by atoms with Gasteiger partial charge in [-0.2, -0.15) is 0 Å². The Hall–Kier alpha value is -2.79. The Morgan fingerprint density at radius 2 is 1.29 bits per heavy atom. The zero-order valence-corrected chi connectivity index (χ0v) is 26.4. The van der Waals surface area contributed by atoms with E-state index in [4.69, 9.17) is 28.0 Å². The van der Waals surface area contributed by atoms with Crippen LogP contribution in [0.4, 0.5) is 4.79 Å². The molecule has 0 saturated heterocycles. The number of hydrogen-bond donors (Lipinski definition) is 1. The smallest absolute Gasteiger partial charge is 0.458 e. The van der Waals surface area contributed by atoms with E-state index >= 15 is 0 Å². The summed E-state index contributed by atoms with van der Waals surface area (Å²) >= 11 is 0. The van der Waals surface area contributed by atoms with Gasteiger partial charge < -0.3 is 23.8 Å². The van der Waals surface area contributed by atoms with Crippen molar-refractivity contribution in [3.05, 3.63) is 71.8 Å². The van der Waals surface area contributed by atoms with E-state index in [1.54, 1.807) is 41.5 Å². The van der Waals surface area contributed by atoms with Crippen LogP contribution in [0.3, 0.4) is 0 Å². The summed E-state index contributed by atoms with van der Waals surface area (Å²) in [6, 6.07) is 17.6. The number of likely N-dealkylation sites (N-methyl/N-ethyl adjacent to an activating group) is 1. The molecular weight excluding hydrogens is 565 g/mol. The Morgan fingerprint density at radius 1 is 0.786 bits per heavy atom. The third-order valence-electron chi connectivity index (χ3n) is 5.39. The topological polar surface area (TPSA) is 130 Å². The fourth-order valence-electron chi connectivity index (χ4n) is 3.36. The van der Waals surface area contributed by atoms with Crippen molar-refractivity contribution in [1.82, 2.24) is 4.90 Å². The standard InChI is InChI=1S/C30H44NO10P/c1-29(2,3)40-27(32)26(31(7)28(33)41-30(4,5)6)22-39-42(34,35)38-21-25(37-19-24-16-12-9-13-17-24)20-36-18-23-14-10-8-11-15-23/h8-17,25-26H,18-22H2,1-7H3,(H,34,35)/t25-,26+/m1/s1. The van der Waals surface area contributed by atoms with E-state index in [0.717, 1.165) is 16.0 Å². The lowest BCUT2D eigenvalue weighted by Gasteiger charge is -2.31. The molecule has 11 nitrogen and oxygen atoms in total. The molecule has 1 N–H and O–H groups in total. The first-order chi connectivity index (χ1) is 19.5. The molecule has 12 heteroatoms. The number of amides is 1. The first-order valence-corrected chi connectivity index (χ1v) is 15.1. The third kappa shape index (κ3) is 14.4. The number of benzene rings is 2. The Labute approximate surface area is 248 Å². The van der Waals surface area contributed by atoms with E-state index in [-0.39, 0.29) is 19.8 Å². The summed E-state index contributed by atoms with van der Waals surface area (Å²) in [4.78, 5) is 37.0. The molecule has 0 heterocycles. The summed E-state index contributed by atoms with van der Waals surface area (Å²) in [5.74, 6) is -0.839. The van der Waals surface area contributed by atoms with Crippen molar-refractivity contribution in [1.29, 1.82) is 0 Å². The van der Waals surface area contributed by atoms with Crippen LogP contribution >= 0.6 is 7.82 Å². The zero-order chi connectivity index (χ0) is 31.4. The first-order valence-electron chi connectivity index (χ1n) is 13.6. The number of rotatable bonds is 15. The predicted molar refractivity (Wildman–Crippen MR) is 156 cm³/mol. The van der Waals surface area contributed by atoms with Gasteiger partial charge in [0.2, 0.25) is 0 Å². The normalized spacial score (nSPS) is 14.9. The molecule has 42 heavy (non-hydrogen) atoms. The third-order valence-corrected chi connectivity index (χ3v) is 6.34. The van der Waals surface area contributed by atoms with Crippen molar-refractivity contribution in [2.45, 2.75) is 78.1 Å². The molecule has 0 bridgehead atoms. The van der Waals surface area contributed by atoms with Crippen LogP contribution in [0.2, 0.25) is 0 Å². The molecule has 0 spiro atoms. The average molecular weight is 610 g/mol. The van der Waals surface area contributed by atoms with Crippen molar-refractivity contribution in [2.24, 2.45) is 0 Å². The molecule has 0 aromatic heterocycles. The second-order valence-corrected chi connectivity index (χ2v) is 13.1. The van der Waals surface area contributed by atoms with Crippen molar-refractivity contribution < 1.29 is 47.0 Å². The highest BCUT2D eigenvalue weighted by atomic mass is 31.2. The van der Waals surface area contributed by atoms with E-state index in [0.29, 0.717) is 6.61 Å². The molecule has 2 aromatic carbocycles. The fourth-order valence-corrected chi connectivity index (χ4v) is 4.12. The minimum absolute atomic E-state index is 0.0731. The van der Waals surface area contributed by atoms with Crippen LogP contribution in [-0.2, 0) is 50.6 Å². The van der Waals surface area contributed by atoms with E-state index in [2.05, 4.69) is 0 Å². The van der Waals surface area contributed by atoms with Crippen LogP contribution in [0.25, 0.3) is 0 Å². The van der Waals surface area contributed by atoms with Gasteiger partial charge in [0.25, 0.3) is 0 Å². The lowest BCUT2D eigenvalue weighted by Crippen LogP contribution is -2.49. The molecule has 2 aromatic rings. The second-order valence-electron chi connectivity index (χ2n) is 11.6. The number of carbonyl (C=O) groups is 2. The predicted octanol–water partition coefficient (Wildman–Crippen LogP) is 5.50. The van der Waals surface area contributed by atoms with E-state index < -0.39 is 49.8 Å². The van der Waals surface area contributed by atoms with Gasteiger partial charge in [0.1, 0.15) is 17.3 Å². The molecule has 234 valence electrons. The second kappa shape index (κ2) is 16.2. The van der Waals surface area contributed by atoms with Crippen molar-refractivity contribution in [3.63, 3.8) is 0 Å². The Morgan fingerprint density at radius 3 is 1.81 bits per heavy atom. The van der Waals surface area contributed by atoms with Crippen LogP contribution in [0.15, 0.2) is 60.7 Å². The summed E-state index contributed by atoms with van der Waals surface area (Å²) in [6.07, 6.45) is -1.55. The van der Waals surface area contributed by atoms with Crippen molar-refractivity contribution >= 4 is 19.9 Å². The molecule has 1 unspecified atom stereocenters. The Bertz CT molecular complexity index is 1150. The molecule has 0 aliphatic rings. The minimum atomic E-state index is -4.71. The monoisotopic (exact) mass is 609 g/mol. The van der Waals surface area contributed by atoms with E-state index in [9.17, 15) is 19.0 Å². The zero-order valence-electron chi connectivity index (χ0n) is 25.5. The SMILES string of the molecule is CN(C(=O)OC(C)(C)C)[C@@H](COP(=O)(O)OC[C@@H](COCc1ccccc1)OCc1ccccc1)C(=O)OC(C)(C)C. The Kier molecular flexibility index (Phi) is 13.6. The van der Waals surface area contributed by atoms with Crippen LogP contribution in [0.1, 0.15) is 52.7 Å². The van der Waals surface area contributed by atoms with Gasteiger partial charge in [-0.3, -0.25) is 13.9 Å². The fraction of sp³-hybridized carbons (Fsp3) is 0.533. The molecule has 2 rings (SSSR count). The number of ether oxygens (including phenoxy) is 4. The van der Waals surface area contributed by atoms with E-state index in [1.165, 1.54) is 7.05 Å². The largest absolute Gasteiger partial charge is 0.472 e. The molecule has 0 fully saturated rings. The lowest BCUT2D eigenvalue weighted by molar-refractivity contribution is -0.162. The van der Waals surface area contributed by atoms with E-state index in [1.807, 2.05) is 60.7 Å². The highest BCUT2D eigenvalue weighted by Gasteiger charge is 2.36. The van der Waals surface area contributed by atoms with Crippen LogP contribution in [0, 0.1) is 0 Å². The van der Waals surface area contributed by atoms with Gasteiger partial charge in [0.05, 0.1) is 33.0 Å². The molecular formula is C30H44NO10P. The maximum Gasteiger partial charge on any atom is 0.472 e. The van der Waals surface area contributed by atoms with Crippen LogP contribution < -0.4 is 0 Å². The molecule has 0 aliphatic carbocycles. The molecule has 0 saturated carbocycles. The lowest BCUT2D eigenvalue weighted by atomic mass is 10.2. The average Bonchev–Trinajstić information content (AvgIpc) is 2.89. The number of hydrogen-bond acceptors (Lipinski definition) is 9. The van der Waals surface area contributed by atoms with Gasteiger partial charge in [-0.1, -0.05) is 60.7 Å². The van der Waals surface area contributed by atoms with Crippen molar-refractivity contribution in [2.75, 3.05) is 26.9 Å². The van der Waals surface area contributed by atoms with Gasteiger partial charge >= 0.3 is 19.9 Å². The summed E-state index contributed by atoms with van der Waals surface area (Å²) < 4.78 is 45.7. The minimum Gasteiger partial charge on any atom is -0.458 e. The maximum absolute atomic E-state index is 12.9. The summed E-state index contributed by atoms with van der Waals surface area (Å²) in [5, 5.41) is 0. The molecule has 3 atom stereocenters. The highest BCUT2D eigenvalue weighted by molar-refractivity contribution is 7.47. The Balaban J connectivity index is 2.05. The number of phosphoric ester groups is 1. The summed E-state index contributed by atoms with van der Waals surface area (Å²) in [6.45, 7) is 9.59. The molecule has 0 aliphatic heterocycles. The number of carbonyl (C=O) groups excluding carboxylic acids is 2. The summed E-state index contributed by atoms with van der Waals surface area (Å²) in [5.41, 5.74) is 0.141. The highest BCUT2D eigenvalue weighted by Crippen LogP contribution is 2.43. The van der Waals surface area contributed by atoms with Gasteiger partial charge in [-0.05, 0) is 52.7 Å². The van der Waals surface area contributed by atoms with Crippen LogP contribution in [0.5, 0.6) is 0 Å². The maximum atomic E-state index is 12.9. The number of esters is 1. The first kappa shape index (κ1) is 35.4. The van der Waals surface area contributed by atoms with Crippen molar-refractivity contribution in [3.8, 4) is 0 Å². The molecule has 1 amide bonds. The van der Waals surface area contributed by atoms with Gasteiger partial charge in [-0.15, -0.1) is 0 Å². The van der Waals surface area contributed by atoms with Gasteiger partial charge in [0.15, 0.2) is 6.04 Å². The van der Waals surface area contributed by atoms with Gasteiger partial charge in [-0.25, -0.2) is 14.2 Å². The quantitative estimate of drug-likeness (QED) is 0.204.